The Morgan fingerprint density at radius 3 is 2.54 bits per heavy atom. The molecule has 3 heterocycles. The molecule has 2 fully saturated rings. The van der Waals surface area contributed by atoms with E-state index in [0.29, 0.717) is 23.3 Å². The van der Waals surface area contributed by atoms with Gasteiger partial charge in [0.05, 0.1) is 17.2 Å². The first-order valence-electron chi connectivity index (χ1n) is 10.0. The fourth-order valence-corrected chi connectivity index (χ4v) is 4.33. The van der Waals surface area contributed by atoms with Crippen LogP contribution in [0.2, 0.25) is 0 Å². The molecule has 8 nitrogen and oxygen atoms in total. The molecule has 2 aromatic heterocycles. The Balaban J connectivity index is 1.35. The molecule has 0 spiro atoms. The van der Waals surface area contributed by atoms with Crippen LogP contribution in [0.1, 0.15) is 37.5 Å². The van der Waals surface area contributed by atoms with Gasteiger partial charge in [0.25, 0.3) is 5.56 Å². The van der Waals surface area contributed by atoms with Gasteiger partial charge >= 0.3 is 6.01 Å². The number of nitrogens with zero attached hydrogens (tertiary/aromatic N) is 6. The minimum Gasteiger partial charge on any atom is -0.368 e. The zero-order valence-electron chi connectivity index (χ0n) is 16.0. The van der Waals surface area contributed by atoms with E-state index in [1.807, 2.05) is 29.7 Å². The molecule has 3 aromatic rings. The van der Waals surface area contributed by atoms with Crippen molar-refractivity contribution in [2.75, 3.05) is 36.0 Å². The normalized spacial score (nSPS) is 18.3. The van der Waals surface area contributed by atoms with Gasteiger partial charge in [0.2, 0.25) is 0 Å². The van der Waals surface area contributed by atoms with Crippen LogP contribution in [0, 0.1) is 6.92 Å². The molecule has 28 heavy (non-hydrogen) atoms. The number of hydrogen-bond acceptors (Lipinski definition) is 7. The van der Waals surface area contributed by atoms with E-state index in [1.54, 1.807) is 6.33 Å². The number of benzene rings is 1. The van der Waals surface area contributed by atoms with Gasteiger partial charge in [0.15, 0.2) is 5.82 Å². The third-order valence-corrected chi connectivity index (χ3v) is 5.92. The van der Waals surface area contributed by atoms with Crippen LogP contribution < -0.4 is 15.4 Å². The maximum atomic E-state index is 12.9. The number of aromatic nitrogens is 4. The molecule has 5 rings (SSSR count). The zero-order valence-corrected chi connectivity index (χ0v) is 16.0. The lowest BCUT2D eigenvalue weighted by Gasteiger charge is -2.35. The molecule has 1 aromatic carbocycles. The standard InChI is InChI=1S/C20H24N6O2/c1-14-22-20(28-23-14)25-10-8-24(9-11-25)16-6-7-17-18(12-16)21-13-26(19(17)27)15-4-2-3-5-15/h6-7,12-13,15H,2-5,8-11H2,1H3. The summed E-state index contributed by atoms with van der Waals surface area (Å²) < 4.78 is 7.10. The quantitative estimate of drug-likeness (QED) is 0.691. The van der Waals surface area contributed by atoms with E-state index in [0.717, 1.165) is 50.2 Å². The number of aryl methyl sites for hydroxylation is 1. The van der Waals surface area contributed by atoms with Crippen LogP contribution in [0.5, 0.6) is 0 Å². The number of fused-ring (bicyclic) bond motifs is 1. The van der Waals surface area contributed by atoms with Crippen molar-refractivity contribution in [2.24, 2.45) is 0 Å². The molecule has 8 heteroatoms. The van der Waals surface area contributed by atoms with Crippen molar-refractivity contribution in [1.82, 2.24) is 19.7 Å². The second-order valence-corrected chi connectivity index (χ2v) is 7.69. The summed E-state index contributed by atoms with van der Waals surface area (Å²) in [4.78, 5) is 26.2. The van der Waals surface area contributed by atoms with E-state index in [2.05, 4.69) is 24.9 Å². The minimum atomic E-state index is 0.0834. The molecular formula is C20H24N6O2. The first-order valence-corrected chi connectivity index (χ1v) is 10.0. The van der Waals surface area contributed by atoms with Gasteiger partial charge < -0.3 is 14.3 Å². The third-order valence-electron chi connectivity index (χ3n) is 5.92. The summed E-state index contributed by atoms with van der Waals surface area (Å²) >= 11 is 0. The van der Waals surface area contributed by atoms with Crippen molar-refractivity contribution in [3.8, 4) is 0 Å². The lowest BCUT2D eigenvalue weighted by Crippen LogP contribution is -2.46. The Kier molecular flexibility index (Phi) is 4.26. The molecule has 1 aliphatic carbocycles. The summed E-state index contributed by atoms with van der Waals surface area (Å²) in [6.07, 6.45) is 6.29. The van der Waals surface area contributed by atoms with Crippen molar-refractivity contribution in [2.45, 2.75) is 38.6 Å². The molecule has 0 N–H and O–H groups in total. The Morgan fingerprint density at radius 2 is 1.82 bits per heavy atom. The molecule has 2 aliphatic rings. The van der Waals surface area contributed by atoms with Crippen molar-refractivity contribution in [3.05, 3.63) is 40.7 Å². The van der Waals surface area contributed by atoms with E-state index in [4.69, 9.17) is 4.52 Å². The average molecular weight is 380 g/mol. The minimum absolute atomic E-state index is 0.0834. The van der Waals surface area contributed by atoms with E-state index >= 15 is 0 Å². The van der Waals surface area contributed by atoms with Gasteiger partial charge in [-0.25, -0.2) is 4.98 Å². The third kappa shape index (κ3) is 3.02. The molecule has 0 unspecified atom stereocenters. The van der Waals surface area contributed by atoms with E-state index in [-0.39, 0.29) is 5.56 Å². The first kappa shape index (κ1) is 17.2. The second-order valence-electron chi connectivity index (χ2n) is 7.69. The van der Waals surface area contributed by atoms with Crippen LogP contribution in [0.25, 0.3) is 10.9 Å². The van der Waals surface area contributed by atoms with Crippen LogP contribution in [-0.2, 0) is 0 Å². The molecule has 1 saturated carbocycles. The smallest absolute Gasteiger partial charge is 0.324 e. The van der Waals surface area contributed by atoms with Crippen molar-refractivity contribution in [1.29, 1.82) is 0 Å². The number of anilines is 2. The Hall–Kier alpha value is -2.90. The molecule has 0 bridgehead atoms. The fraction of sp³-hybridized carbons (Fsp3) is 0.500. The summed E-state index contributed by atoms with van der Waals surface area (Å²) in [6.45, 7) is 5.16. The van der Waals surface area contributed by atoms with Gasteiger partial charge in [-0.1, -0.05) is 18.0 Å². The molecule has 1 aliphatic heterocycles. The predicted molar refractivity (Wildman–Crippen MR) is 107 cm³/mol. The summed E-state index contributed by atoms with van der Waals surface area (Å²) in [5.41, 5.74) is 1.95. The lowest BCUT2D eigenvalue weighted by atomic mass is 10.1. The zero-order chi connectivity index (χ0) is 19.1. The molecular weight excluding hydrogens is 356 g/mol. The second kappa shape index (κ2) is 6.92. The summed E-state index contributed by atoms with van der Waals surface area (Å²) in [5.74, 6) is 0.654. The fourth-order valence-electron chi connectivity index (χ4n) is 4.33. The van der Waals surface area contributed by atoms with Gasteiger partial charge in [0, 0.05) is 37.9 Å². The average Bonchev–Trinajstić information content (AvgIpc) is 3.40. The highest BCUT2D eigenvalue weighted by atomic mass is 16.5. The first-order chi connectivity index (χ1) is 13.7. The molecule has 146 valence electrons. The van der Waals surface area contributed by atoms with Crippen molar-refractivity contribution < 1.29 is 4.52 Å². The summed E-state index contributed by atoms with van der Waals surface area (Å²) in [5, 5.41) is 4.57. The van der Waals surface area contributed by atoms with Gasteiger partial charge in [0.1, 0.15) is 0 Å². The van der Waals surface area contributed by atoms with Crippen LogP contribution >= 0.6 is 0 Å². The highest BCUT2D eigenvalue weighted by Gasteiger charge is 2.22. The molecule has 0 atom stereocenters. The van der Waals surface area contributed by atoms with Gasteiger partial charge in [-0.2, -0.15) is 4.98 Å². The summed E-state index contributed by atoms with van der Waals surface area (Å²) in [6, 6.07) is 6.90. The topological polar surface area (TPSA) is 80.3 Å². The highest BCUT2D eigenvalue weighted by Crippen LogP contribution is 2.29. The van der Waals surface area contributed by atoms with Crippen LogP contribution in [0.4, 0.5) is 11.7 Å². The van der Waals surface area contributed by atoms with Crippen LogP contribution in [0.15, 0.2) is 33.8 Å². The maximum Gasteiger partial charge on any atom is 0.324 e. The van der Waals surface area contributed by atoms with Gasteiger partial charge in [-0.05, 0) is 38.0 Å². The monoisotopic (exact) mass is 380 g/mol. The maximum absolute atomic E-state index is 12.9. The summed E-state index contributed by atoms with van der Waals surface area (Å²) in [7, 11) is 0. The van der Waals surface area contributed by atoms with Crippen molar-refractivity contribution in [3.63, 3.8) is 0 Å². The molecule has 0 radical (unpaired) electrons. The van der Waals surface area contributed by atoms with Gasteiger partial charge in [-0.3, -0.25) is 9.36 Å². The Morgan fingerprint density at radius 1 is 1.07 bits per heavy atom. The molecule has 0 amide bonds. The van der Waals surface area contributed by atoms with Gasteiger partial charge in [-0.15, -0.1) is 0 Å². The molecule has 1 saturated heterocycles. The highest BCUT2D eigenvalue weighted by molar-refractivity contribution is 5.81. The van der Waals surface area contributed by atoms with E-state index in [1.165, 1.54) is 12.8 Å². The number of piperazine rings is 1. The van der Waals surface area contributed by atoms with E-state index < -0.39 is 0 Å². The number of hydrogen-bond donors (Lipinski definition) is 0. The Labute approximate surface area is 162 Å². The predicted octanol–water partition coefficient (Wildman–Crippen LogP) is 2.53. The van der Waals surface area contributed by atoms with Crippen LogP contribution in [0.3, 0.4) is 0 Å². The Bertz CT molecular complexity index is 1040. The SMILES string of the molecule is Cc1noc(N2CCN(c3ccc4c(=O)n(C5CCCC5)cnc4c3)CC2)n1. The number of rotatable bonds is 3. The van der Waals surface area contributed by atoms with E-state index in [9.17, 15) is 4.79 Å². The van der Waals surface area contributed by atoms with Crippen molar-refractivity contribution >= 4 is 22.6 Å². The largest absolute Gasteiger partial charge is 0.368 e. The van der Waals surface area contributed by atoms with Crippen LogP contribution in [-0.4, -0.2) is 45.9 Å². The lowest BCUT2D eigenvalue weighted by molar-refractivity contribution is 0.404.